The third kappa shape index (κ3) is 6.99. The van der Waals surface area contributed by atoms with Crippen LogP contribution in [0.5, 0.6) is 5.75 Å². The van der Waals surface area contributed by atoms with E-state index < -0.39 is 0 Å². The van der Waals surface area contributed by atoms with Gasteiger partial charge in [0.1, 0.15) is 5.75 Å². The van der Waals surface area contributed by atoms with Gasteiger partial charge in [0.25, 0.3) is 0 Å². The van der Waals surface area contributed by atoms with Gasteiger partial charge in [-0.15, -0.1) is 0 Å². The van der Waals surface area contributed by atoms with Crippen molar-refractivity contribution in [3.05, 3.63) is 59.2 Å². The molecule has 0 aliphatic heterocycles. The zero-order chi connectivity index (χ0) is 17.4. The number of benzene rings is 2. The Labute approximate surface area is 167 Å². The Kier molecular flexibility index (Phi) is 10.1. The molecule has 0 aliphatic rings. The van der Waals surface area contributed by atoms with E-state index in [0.29, 0.717) is 0 Å². The van der Waals surface area contributed by atoms with E-state index >= 15 is 0 Å². The predicted octanol–water partition coefficient (Wildman–Crippen LogP) is 2.52. The Hall–Kier alpha value is -1.06. The van der Waals surface area contributed by atoms with Gasteiger partial charge in [-0.1, -0.05) is 56.5 Å². The average molecular weight is 350 g/mol. The van der Waals surface area contributed by atoms with Gasteiger partial charge in [-0.3, -0.25) is 4.79 Å². The van der Waals surface area contributed by atoms with Crippen LogP contribution in [0.2, 0.25) is 0 Å². The van der Waals surface area contributed by atoms with Crippen molar-refractivity contribution >= 4 is 19.4 Å². The fraction of sp³-hybridized carbons (Fsp3) is 0.381. The molecule has 0 bridgehead atoms. The van der Waals surface area contributed by atoms with Gasteiger partial charge < -0.3 is 6.16 Å². The monoisotopic (exact) mass is 350 g/mol. The normalized spacial score (nSPS) is 10.7. The van der Waals surface area contributed by atoms with Crippen molar-refractivity contribution in [2.24, 2.45) is 0 Å². The third-order valence-corrected chi connectivity index (χ3v) is 5.19. The molecule has 0 saturated heterocycles. The van der Waals surface area contributed by atoms with Crippen LogP contribution in [-0.4, -0.2) is 12.1 Å². The van der Waals surface area contributed by atoms with Gasteiger partial charge >= 0.3 is 18.9 Å². The van der Waals surface area contributed by atoms with Gasteiger partial charge in [-0.05, 0) is 57.4 Å². The van der Waals surface area contributed by atoms with Crippen LogP contribution in [-0.2, 0) is 0 Å². The van der Waals surface area contributed by atoms with Crippen LogP contribution in [0, 0.1) is 13.8 Å². The fourth-order valence-electron chi connectivity index (χ4n) is 2.72. The summed E-state index contributed by atoms with van der Waals surface area (Å²) < 4.78 is 5.75. The molecule has 0 fully saturated rings. The first-order chi connectivity index (χ1) is 11.6. The van der Waals surface area contributed by atoms with E-state index in [0.717, 1.165) is 40.8 Å². The SMILES string of the molecule is CCCCCCOc1ccc(PC(=O)c2c(C)cccc2C)cc1.[H-].[Li+]. The Morgan fingerprint density at radius 1 is 1.00 bits per heavy atom. The van der Waals surface area contributed by atoms with Gasteiger partial charge in [0.2, 0.25) is 0 Å². The van der Waals surface area contributed by atoms with Crippen molar-refractivity contribution < 1.29 is 29.8 Å². The predicted molar refractivity (Wildman–Crippen MR) is 105 cm³/mol. The van der Waals surface area contributed by atoms with Gasteiger partial charge in [0.05, 0.1) is 6.61 Å². The summed E-state index contributed by atoms with van der Waals surface area (Å²) in [5, 5.41) is 1.06. The smallest absolute Gasteiger partial charge is 1.00 e. The molecule has 0 N–H and O–H groups in total. The van der Waals surface area contributed by atoms with Crippen LogP contribution in [0.1, 0.15) is 55.5 Å². The Morgan fingerprint density at radius 2 is 1.64 bits per heavy atom. The molecule has 2 aromatic carbocycles. The maximum Gasteiger partial charge on any atom is 1.00 e. The number of carbonyl (C=O) groups excluding carboxylic acids is 1. The van der Waals surface area contributed by atoms with Crippen LogP contribution >= 0.6 is 8.58 Å². The van der Waals surface area contributed by atoms with Crippen molar-refractivity contribution in [1.82, 2.24) is 0 Å². The molecule has 1 atom stereocenters. The quantitative estimate of drug-likeness (QED) is 0.395. The largest absolute Gasteiger partial charge is 1.00 e. The maximum absolute atomic E-state index is 12.6. The zero-order valence-electron chi connectivity index (χ0n) is 16.9. The number of hydrogen-bond acceptors (Lipinski definition) is 2. The zero-order valence-corrected chi connectivity index (χ0v) is 16.9. The standard InChI is InChI=1S/C21H27O2P.Li.H/c1-4-5-6-7-15-23-18-11-13-19(14-12-18)24-21(22)20-16(2)9-8-10-17(20)3;;/h8-14,24H,4-7,15H2,1-3H3;;/q;+1;-1. The van der Waals surface area contributed by atoms with E-state index in [1.807, 2.05) is 56.3 Å². The molecule has 4 heteroatoms. The Bertz CT molecular complexity index is 654. The van der Waals surface area contributed by atoms with Crippen molar-refractivity contribution in [2.45, 2.75) is 46.5 Å². The molecule has 2 nitrogen and oxygen atoms in total. The van der Waals surface area contributed by atoms with Crippen LogP contribution in [0.4, 0.5) is 0 Å². The molecule has 0 amide bonds. The maximum atomic E-state index is 12.6. The second-order valence-corrected chi connectivity index (χ2v) is 7.44. The minimum Gasteiger partial charge on any atom is -1.00 e. The minimum absolute atomic E-state index is 0. The first-order valence-electron chi connectivity index (χ1n) is 8.72. The molecular formula is C21H28LiO2P. The number of carbonyl (C=O) groups is 1. The van der Waals surface area contributed by atoms with Crippen molar-refractivity contribution in [1.29, 1.82) is 0 Å². The molecule has 0 aliphatic carbocycles. The minimum atomic E-state index is 0. The first-order valence-corrected chi connectivity index (χ1v) is 9.72. The molecule has 0 heterocycles. The molecular weight excluding hydrogens is 322 g/mol. The van der Waals surface area contributed by atoms with E-state index in [2.05, 4.69) is 6.92 Å². The number of aryl methyl sites for hydroxylation is 2. The molecule has 0 radical (unpaired) electrons. The van der Waals surface area contributed by atoms with E-state index in [1.54, 1.807) is 0 Å². The number of hydrogen-bond donors (Lipinski definition) is 0. The average Bonchev–Trinajstić information content (AvgIpc) is 2.56. The van der Waals surface area contributed by atoms with E-state index in [4.69, 9.17) is 4.74 Å². The summed E-state index contributed by atoms with van der Waals surface area (Å²) in [6, 6.07) is 14.0. The van der Waals surface area contributed by atoms with E-state index in [-0.39, 0.29) is 34.4 Å². The molecule has 0 aromatic heterocycles. The van der Waals surface area contributed by atoms with Crippen LogP contribution in [0.15, 0.2) is 42.5 Å². The van der Waals surface area contributed by atoms with Crippen molar-refractivity contribution in [2.75, 3.05) is 6.61 Å². The number of ether oxygens (including phenoxy) is 1. The molecule has 0 spiro atoms. The van der Waals surface area contributed by atoms with E-state index in [9.17, 15) is 4.79 Å². The summed E-state index contributed by atoms with van der Waals surface area (Å²) in [7, 11) is 0.153. The van der Waals surface area contributed by atoms with Crippen LogP contribution in [0.3, 0.4) is 0 Å². The summed E-state index contributed by atoms with van der Waals surface area (Å²) in [5.41, 5.74) is 3.19. The third-order valence-electron chi connectivity index (χ3n) is 4.09. The molecule has 130 valence electrons. The summed E-state index contributed by atoms with van der Waals surface area (Å²) in [5.74, 6) is 0.888. The van der Waals surface area contributed by atoms with Crippen molar-refractivity contribution in [3.8, 4) is 5.75 Å². The Morgan fingerprint density at radius 3 is 2.24 bits per heavy atom. The second-order valence-electron chi connectivity index (χ2n) is 6.15. The van der Waals surface area contributed by atoms with Crippen LogP contribution in [0.25, 0.3) is 0 Å². The van der Waals surface area contributed by atoms with Gasteiger partial charge in [0, 0.05) is 5.56 Å². The summed E-state index contributed by atoms with van der Waals surface area (Å²) in [4.78, 5) is 12.6. The van der Waals surface area contributed by atoms with Gasteiger partial charge in [-0.25, -0.2) is 0 Å². The van der Waals surface area contributed by atoms with Gasteiger partial charge in [0.15, 0.2) is 5.52 Å². The molecule has 25 heavy (non-hydrogen) atoms. The Balaban J connectivity index is 0.00000312. The molecule has 2 aromatic rings. The molecule has 0 saturated carbocycles. The van der Waals surface area contributed by atoms with E-state index in [1.165, 1.54) is 19.3 Å². The molecule has 1 unspecified atom stereocenters. The number of rotatable bonds is 9. The second kappa shape index (κ2) is 11.5. The van der Waals surface area contributed by atoms with Crippen LogP contribution < -0.4 is 28.9 Å². The topological polar surface area (TPSA) is 26.3 Å². The van der Waals surface area contributed by atoms with Crippen molar-refractivity contribution in [3.63, 3.8) is 0 Å². The first kappa shape index (κ1) is 22.0. The summed E-state index contributed by atoms with van der Waals surface area (Å²) in [6.07, 6.45) is 4.83. The van der Waals surface area contributed by atoms with Gasteiger partial charge in [-0.2, -0.15) is 0 Å². The fourth-order valence-corrected chi connectivity index (χ4v) is 3.83. The molecule has 2 rings (SSSR count). The summed E-state index contributed by atoms with van der Waals surface area (Å²) >= 11 is 0. The number of unbranched alkanes of at least 4 members (excludes halogenated alkanes) is 3. The summed E-state index contributed by atoms with van der Waals surface area (Å²) in [6.45, 7) is 6.98.